The number of aliphatic hydroxyl groups is 1. The Kier molecular flexibility index (Phi) is 7.02. The number of rotatable bonds is 8. The second-order valence-electron chi connectivity index (χ2n) is 4.82. The van der Waals surface area contributed by atoms with Gasteiger partial charge in [0, 0.05) is 11.6 Å². The Bertz CT molecular complexity index is 458. The Labute approximate surface area is 125 Å². The van der Waals surface area contributed by atoms with E-state index in [-0.39, 0.29) is 0 Å². The van der Waals surface area contributed by atoms with Crippen LogP contribution in [0.2, 0.25) is 0 Å². The molecule has 0 saturated heterocycles. The zero-order valence-electron chi connectivity index (χ0n) is 13.1. The molecule has 0 aliphatic heterocycles. The average Bonchev–Trinajstić information content (AvgIpc) is 2.53. The number of esters is 1. The monoisotopic (exact) mass is 296 g/mol. The number of ether oxygens (including phenoxy) is 3. The maximum absolute atomic E-state index is 11.9. The highest BCUT2D eigenvalue weighted by Crippen LogP contribution is 2.35. The van der Waals surface area contributed by atoms with E-state index in [0.29, 0.717) is 23.5 Å². The first-order valence-electron chi connectivity index (χ1n) is 7.06. The van der Waals surface area contributed by atoms with E-state index in [1.165, 1.54) is 14.2 Å². The van der Waals surface area contributed by atoms with E-state index in [1.54, 1.807) is 25.3 Å². The summed E-state index contributed by atoms with van der Waals surface area (Å²) in [6, 6.07) is 5.13. The SMILES string of the molecule is CCCCC(C(=O)OC)C(O)c1ccc(OC)cc1OC. The van der Waals surface area contributed by atoms with E-state index >= 15 is 0 Å². The highest BCUT2D eigenvalue weighted by atomic mass is 16.5. The van der Waals surface area contributed by atoms with Gasteiger partial charge in [0.1, 0.15) is 11.5 Å². The summed E-state index contributed by atoms with van der Waals surface area (Å²) in [6.07, 6.45) is 1.39. The normalized spacial score (nSPS) is 13.4. The van der Waals surface area contributed by atoms with Crippen LogP contribution in [0, 0.1) is 5.92 Å². The molecule has 2 unspecified atom stereocenters. The third-order valence-electron chi connectivity index (χ3n) is 3.51. The summed E-state index contributed by atoms with van der Waals surface area (Å²) in [7, 11) is 4.41. The molecule has 1 rings (SSSR count). The predicted molar refractivity (Wildman–Crippen MR) is 79.5 cm³/mol. The minimum absolute atomic E-state index is 0.408. The first-order valence-corrected chi connectivity index (χ1v) is 7.06. The summed E-state index contributed by atoms with van der Waals surface area (Å²) in [4.78, 5) is 11.9. The first-order chi connectivity index (χ1) is 10.1. The zero-order valence-corrected chi connectivity index (χ0v) is 13.1. The molecular formula is C16H24O5. The lowest BCUT2D eigenvalue weighted by atomic mass is 9.90. The van der Waals surface area contributed by atoms with Crippen molar-refractivity contribution in [3.63, 3.8) is 0 Å². The molecule has 0 amide bonds. The molecule has 0 aliphatic rings. The molecule has 0 bridgehead atoms. The van der Waals surface area contributed by atoms with Gasteiger partial charge in [0.2, 0.25) is 0 Å². The van der Waals surface area contributed by atoms with E-state index < -0.39 is 18.0 Å². The fourth-order valence-corrected chi connectivity index (χ4v) is 2.26. The number of benzene rings is 1. The van der Waals surface area contributed by atoms with Crippen molar-refractivity contribution < 1.29 is 24.1 Å². The number of unbranched alkanes of at least 4 members (excludes halogenated alkanes) is 1. The highest BCUT2D eigenvalue weighted by Gasteiger charge is 2.30. The number of hydrogen-bond acceptors (Lipinski definition) is 5. The van der Waals surface area contributed by atoms with Gasteiger partial charge in [-0.15, -0.1) is 0 Å². The van der Waals surface area contributed by atoms with Gasteiger partial charge in [0.05, 0.1) is 33.4 Å². The summed E-state index contributed by atoms with van der Waals surface area (Å²) in [5.41, 5.74) is 0.560. The van der Waals surface area contributed by atoms with Gasteiger partial charge in [-0.25, -0.2) is 0 Å². The van der Waals surface area contributed by atoms with E-state index in [2.05, 4.69) is 0 Å². The summed E-state index contributed by atoms with van der Waals surface area (Å²) in [5, 5.41) is 10.6. The number of carbonyl (C=O) groups is 1. The van der Waals surface area contributed by atoms with Crippen LogP contribution < -0.4 is 9.47 Å². The molecule has 118 valence electrons. The summed E-state index contributed by atoms with van der Waals surface area (Å²) < 4.78 is 15.2. The molecule has 0 saturated carbocycles. The first kappa shape index (κ1) is 17.3. The number of methoxy groups -OCH3 is 3. The van der Waals surface area contributed by atoms with E-state index in [0.717, 1.165) is 12.8 Å². The zero-order chi connectivity index (χ0) is 15.8. The molecule has 1 aromatic carbocycles. The van der Waals surface area contributed by atoms with Crippen LogP contribution in [-0.2, 0) is 9.53 Å². The van der Waals surface area contributed by atoms with Gasteiger partial charge in [-0.3, -0.25) is 4.79 Å². The topological polar surface area (TPSA) is 65.0 Å². The quantitative estimate of drug-likeness (QED) is 0.747. The molecule has 1 N–H and O–H groups in total. The smallest absolute Gasteiger partial charge is 0.311 e. The molecule has 1 aromatic rings. The van der Waals surface area contributed by atoms with Crippen LogP contribution in [0.3, 0.4) is 0 Å². The lowest BCUT2D eigenvalue weighted by Crippen LogP contribution is -2.24. The van der Waals surface area contributed by atoms with Gasteiger partial charge in [0.25, 0.3) is 0 Å². The second-order valence-corrected chi connectivity index (χ2v) is 4.82. The van der Waals surface area contributed by atoms with Crippen molar-refractivity contribution in [2.24, 2.45) is 5.92 Å². The third-order valence-corrected chi connectivity index (χ3v) is 3.51. The van der Waals surface area contributed by atoms with Gasteiger partial charge < -0.3 is 19.3 Å². The van der Waals surface area contributed by atoms with Crippen molar-refractivity contribution >= 4 is 5.97 Å². The van der Waals surface area contributed by atoms with Crippen LogP contribution >= 0.6 is 0 Å². The van der Waals surface area contributed by atoms with Crippen molar-refractivity contribution in [3.8, 4) is 11.5 Å². The summed E-state index contributed by atoms with van der Waals surface area (Å²) >= 11 is 0. The maximum Gasteiger partial charge on any atom is 0.311 e. The molecule has 0 radical (unpaired) electrons. The molecule has 0 spiro atoms. The standard InChI is InChI=1S/C16H24O5/c1-5-6-7-13(16(18)21-4)15(17)12-9-8-11(19-2)10-14(12)20-3/h8-10,13,15,17H,5-7H2,1-4H3. The lowest BCUT2D eigenvalue weighted by molar-refractivity contribution is -0.150. The van der Waals surface area contributed by atoms with Crippen molar-refractivity contribution in [1.29, 1.82) is 0 Å². The van der Waals surface area contributed by atoms with Crippen LogP contribution in [0.1, 0.15) is 37.9 Å². The molecule has 0 aromatic heterocycles. The van der Waals surface area contributed by atoms with Crippen LogP contribution in [0.25, 0.3) is 0 Å². The Morgan fingerprint density at radius 1 is 1.24 bits per heavy atom. The van der Waals surface area contributed by atoms with E-state index in [9.17, 15) is 9.90 Å². The van der Waals surface area contributed by atoms with Gasteiger partial charge >= 0.3 is 5.97 Å². The molecule has 0 aliphatic carbocycles. The van der Waals surface area contributed by atoms with Gasteiger partial charge in [-0.1, -0.05) is 19.8 Å². The highest BCUT2D eigenvalue weighted by molar-refractivity contribution is 5.73. The van der Waals surface area contributed by atoms with Crippen molar-refractivity contribution in [2.75, 3.05) is 21.3 Å². The van der Waals surface area contributed by atoms with E-state index in [4.69, 9.17) is 14.2 Å². The summed E-state index contributed by atoms with van der Waals surface area (Å²) in [5.74, 6) is 0.115. The molecular weight excluding hydrogens is 272 g/mol. The van der Waals surface area contributed by atoms with Gasteiger partial charge in [-0.2, -0.15) is 0 Å². The molecule has 5 heteroatoms. The lowest BCUT2D eigenvalue weighted by Gasteiger charge is -2.22. The van der Waals surface area contributed by atoms with Crippen LogP contribution in [0.4, 0.5) is 0 Å². The van der Waals surface area contributed by atoms with Crippen LogP contribution in [0.5, 0.6) is 11.5 Å². The Balaban J connectivity index is 3.06. The Hall–Kier alpha value is -1.75. The average molecular weight is 296 g/mol. The molecule has 0 fully saturated rings. The predicted octanol–water partition coefficient (Wildman–Crippen LogP) is 2.72. The van der Waals surface area contributed by atoms with Crippen molar-refractivity contribution in [2.45, 2.75) is 32.3 Å². The summed E-state index contributed by atoms with van der Waals surface area (Å²) in [6.45, 7) is 2.04. The Morgan fingerprint density at radius 3 is 2.48 bits per heavy atom. The second kappa shape index (κ2) is 8.52. The Morgan fingerprint density at radius 2 is 1.95 bits per heavy atom. The van der Waals surface area contributed by atoms with Crippen molar-refractivity contribution in [1.82, 2.24) is 0 Å². The minimum atomic E-state index is -0.968. The minimum Gasteiger partial charge on any atom is -0.497 e. The molecule has 5 nitrogen and oxygen atoms in total. The molecule has 2 atom stereocenters. The van der Waals surface area contributed by atoms with Crippen LogP contribution in [0.15, 0.2) is 18.2 Å². The fraction of sp³-hybridized carbons (Fsp3) is 0.562. The maximum atomic E-state index is 11.9. The van der Waals surface area contributed by atoms with E-state index in [1.807, 2.05) is 6.92 Å². The fourth-order valence-electron chi connectivity index (χ4n) is 2.26. The van der Waals surface area contributed by atoms with Gasteiger partial charge in [0.15, 0.2) is 0 Å². The largest absolute Gasteiger partial charge is 0.497 e. The number of carbonyl (C=O) groups excluding carboxylic acids is 1. The van der Waals surface area contributed by atoms with Crippen LogP contribution in [-0.4, -0.2) is 32.4 Å². The van der Waals surface area contributed by atoms with Crippen molar-refractivity contribution in [3.05, 3.63) is 23.8 Å². The van der Waals surface area contributed by atoms with Gasteiger partial charge in [-0.05, 0) is 18.6 Å². The number of aliphatic hydroxyl groups excluding tert-OH is 1. The number of hydrogen-bond donors (Lipinski definition) is 1. The molecule has 21 heavy (non-hydrogen) atoms. The molecule has 0 heterocycles. The third kappa shape index (κ3) is 4.36.